The van der Waals surface area contributed by atoms with Gasteiger partial charge in [-0.05, 0) is 85.8 Å². The molecule has 4 heterocycles. The van der Waals surface area contributed by atoms with E-state index < -0.39 is 18.1 Å². The third kappa shape index (κ3) is 8.63. The van der Waals surface area contributed by atoms with Crippen LogP contribution in [-0.2, 0) is 37.3 Å². The van der Waals surface area contributed by atoms with Crippen LogP contribution >= 0.6 is 11.3 Å². The van der Waals surface area contributed by atoms with Crippen molar-refractivity contribution < 1.29 is 34.0 Å². The summed E-state index contributed by atoms with van der Waals surface area (Å²) >= 11 is 1.77. The molecule has 73 heavy (non-hydrogen) atoms. The number of thiophene rings is 1. The fourth-order valence-electron chi connectivity index (χ4n) is 9.92. The van der Waals surface area contributed by atoms with Gasteiger partial charge in [0.15, 0.2) is 0 Å². The van der Waals surface area contributed by atoms with Gasteiger partial charge in [0, 0.05) is 92.6 Å². The van der Waals surface area contributed by atoms with Crippen LogP contribution in [0.5, 0.6) is 11.5 Å². The first-order chi connectivity index (χ1) is 37.0. The van der Waals surface area contributed by atoms with Crippen molar-refractivity contribution in [1.82, 2.24) is 9.55 Å². The molecule has 0 amide bonds. The van der Waals surface area contributed by atoms with Gasteiger partial charge in [-0.1, -0.05) is 171 Å². The molecule has 8 aromatic carbocycles. The smallest absolute Gasteiger partial charge is 0.135 e. The maximum absolute atomic E-state index is 9.26. The second-order valence-corrected chi connectivity index (χ2v) is 22.8. The van der Waals surface area contributed by atoms with Gasteiger partial charge in [-0.25, -0.2) is 4.98 Å². The summed E-state index contributed by atoms with van der Waals surface area (Å²) in [5.41, 5.74) is 9.84. The Morgan fingerprint density at radius 2 is 1.22 bits per heavy atom. The number of aromatic nitrogens is 2. The predicted octanol–water partition coefficient (Wildman–Crippen LogP) is 18.6. The second-order valence-electron chi connectivity index (χ2n) is 21.8. The molecule has 11 aromatic rings. The molecule has 5 nitrogen and oxygen atoms in total. The number of pyridine rings is 1. The van der Waals surface area contributed by atoms with Crippen LogP contribution in [-0.4, -0.2) is 9.55 Å². The SMILES string of the molecule is [2H]c1cc(C(C)(C)C)cc(-n2c3[c-]c(Oc4[c-]c(N5[CH-]N(c6c(-c7cc(C(C)(C)C)cc(C(C)(C)C)c7)cccc6-c6c([2H])c([2H])c([2H])c([2H])c6[2H])c6ccccc65)ccc4)ccc3c3c4sc5ccccc5c4ccc32)n1.[Pt]. The number of anilines is 4. The molecule has 12 rings (SSSR count). The number of benzene rings is 8. The van der Waals surface area contributed by atoms with Crippen molar-refractivity contribution in [2.24, 2.45) is 0 Å². The number of hydrogen-bond donors (Lipinski definition) is 0. The van der Waals surface area contributed by atoms with Gasteiger partial charge in [-0.2, -0.15) is 12.1 Å². The molecule has 1 aliphatic heterocycles. The van der Waals surface area contributed by atoms with Gasteiger partial charge in [0.05, 0.1) is 8.22 Å². The van der Waals surface area contributed by atoms with E-state index in [1.165, 1.54) is 20.2 Å². The van der Waals surface area contributed by atoms with Gasteiger partial charge in [0.1, 0.15) is 5.82 Å². The van der Waals surface area contributed by atoms with E-state index in [0.29, 0.717) is 34.3 Å². The van der Waals surface area contributed by atoms with Crippen LogP contribution in [0.1, 0.15) is 87.2 Å². The zero-order valence-corrected chi connectivity index (χ0v) is 45.4. The molecule has 366 valence electrons. The Morgan fingerprint density at radius 3 is 1.95 bits per heavy atom. The average Bonchev–Trinajstić information content (AvgIpc) is 4.04. The standard InChI is InChI=1S/C66H57N4OS.Pt/c1-64(2,3)44-33-34-67-60(38-44)70-57-32-31-53-52-23-13-16-28-59(52)72-63(53)61(57)54-30-29-49(40-58(54)70)71-48-22-17-21-47(39-48)68-41-69(56-27-15-14-26-55(56)68)62-50(42-19-11-10-12-20-42)24-18-25-51(62)43-35-45(65(4,5)6)37-46(36-43)66(7,8)9;/h10-38,41H,1-9H3;/q-3;/i10D,11D,12D,19D,20D,34D;. The fourth-order valence-corrected chi connectivity index (χ4v) is 11.2. The van der Waals surface area contributed by atoms with Gasteiger partial charge < -0.3 is 19.1 Å². The molecule has 0 unspecified atom stereocenters. The minimum Gasteiger partial charge on any atom is -0.509 e. The van der Waals surface area contributed by atoms with Crippen LogP contribution in [0.25, 0.3) is 70.0 Å². The van der Waals surface area contributed by atoms with E-state index in [1.807, 2.05) is 78.3 Å². The first kappa shape index (κ1) is 41.5. The van der Waals surface area contributed by atoms with Crippen LogP contribution in [0.3, 0.4) is 0 Å². The van der Waals surface area contributed by atoms with Crippen LogP contribution in [0.2, 0.25) is 0 Å². The van der Waals surface area contributed by atoms with Crippen LogP contribution < -0.4 is 14.5 Å². The minimum atomic E-state index is -0.444. The fraction of sp³-hybridized carbons (Fsp3) is 0.182. The normalized spacial score (nSPS) is 14.2. The zero-order chi connectivity index (χ0) is 54.9. The Labute approximate surface area is 456 Å². The Morgan fingerprint density at radius 1 is 0.575 bits per heavy atom. The number of hydrogen-bond acceptors (Lipinski definition) is 5. The van der Waals surface area contributed by atoms with E-state index in [2.05, 4.69) is 157 Å². The zero-order valence-electron chi connectivity index (χ0n) is 48.3. The Kier molecular flexibility index (Phi) is 10.3. The van der Waals surface area contributed by atoms with Crippen molar-refractivity contribution in [2.45, 2.75) is 78.6 Å². The first-order valence-electron chi connectivity index (χ1n) is 27.4. The van der Waals surface area contributed by atoms with Crippen LogP contribution in [0, 0.1) is 18.8 Å². The van der Waals surface area contributed by atoms with E-state index in [1.54, 1.807) is 11.3 Å². The molecule has 0 atom stereocenters. The molecule has 1 aliphatic rings. The minimum absolute atomic E-state index is 0. The summed E-state index contributed by atoms with van der Waals surface area (Å²) in [7, 11) is 0. The first-order valence-corrected chi connectivity index (χ1v) is 25.3. The number of ether oxygens (including phenoxy) is 1. The molecule has 0 saturated carbocycles. The molecule has 7 heteroatoms. The van der Waals surface area contributed by atoms with E-state index >= 15 is 0 Å². The van der Waals surface area contributed by atoms with E-state index in [-0.39, 0.29) is 61.1 Å². The molecule has 0 aliphatic carbocycles. The monoisotopic (exact) mass is 1150 g/mol. The molecular formula is C66H57N4OPtS-3. The summed E-state index contributed by atoms with van der Waals surface area (Å²) in [6.45, 7) is 21.7. The third-order valence-electron chi connectivity index (χ3n) is 13.8. The van der Waals surface area contributed by atoms with Gasteiger partial charge in [-0.3, -0.25) is 0 Å². The quantitative estimate of drug-likeness (QED) is 0.149. The maximum Gasteiger partial charge on any atom is 0.135 e. The Hall–Kier alpha value is -6.98. The molecular weight excluding hydrogens is 1090 g/mol. The molecule has 0 N–H and O–H groups in total. The van der Waals surface area contributed by atoms with Gasteiger partial charge in [-0.15, -0.1) is 59.4 Å². The molecule has 0 bridgehead atoms. The van der Waals surface area contributed by atoms with Crippen molar-refractivity contribution in [3.63, 3.8) is 0 Å². The molecule has 0 saturated heterocycles. The number of para-hydroxylation sites is 3. The van der Waals surface area contributed by atoms with Crippen molar-refractivity contribution in [3.05, 3.63) is 211 Å². The van der Waals surface area contributed by atoms with Gasteiger partial charge >= 0.3 is 0 Å². The summed E-state index contributed by atoms with van der Waals surface area (Å²) in [5, 5.41) is 4.48. The van der Waals surface area contributed by atoms with Crippen molar-refractivity contribution in [1.29, 1.82) is 0 Å². The molecule has 0 spiro atoms. The van der Waals surface area contributed by atoms with Gasteiger partial charge in [0.2, 0.25) is 0 Å². The largest absolute Gasteiger partial charge is 0.509 e. The number of fused-ring (bicyclic) bond motifs is 8. The number of nitrogens with zero attached hydrogens (tertiary/aromatic N) is 4. The summed E-state index contributed by atoms with van der Waals surface area (Å²) in [4.78, 5) is 8.95. The van der Waals surface area contributed by atoms with Crippen molar-refractivity contribution >= 4 is 76.1 Å². The van der Waals surface area contributed by atoms with Crippen molar-refractivity contribution in [2.75, 3.05) is 9.80 Å². The molecule has 0 fully saturated rings. The molecule has 0 radical (unpaired) electrons. The van der Waals surface area contributed by atoms with E-state index in [0.717, 1.165) is 61.0 Å². The summed E-state index contributed by atoms with van der Waals surface area (Å²) in [6.07, 6.45) is 0.186. The van der Waals surface area contributed by atoms with E-state index in [9.17, 15) is 2.74 Å². The van der Waals surface area contributed by atoms with Crippen molar-refractivity contribution in [3.8, 4) is 39.6 Å². The third-order valence-corrected chi connectivity index (χ3v) is 15.0. The molecule has 3 aromatic heterocycles. The summed E-state index contributed by atoms with van der Waals surface area (Å²) in [6, 6.07) is 52.6. The van der Waals surface area contributed by atoms with Crippen LogP contribution in [0.15, 0.2) is 176 Å². The Balaban J connectivity index is 0.00000660. The van der Waals surface area contributed by atoms with Crippen LogP contribution in [0.4, 0.5) is 22.7 Å². The predicted molar refractivity (Wildman–Crippen MR) is 304 cm³/mol. The van der Waals surface area contributed by atoms with E-state index in [4.69, 9.17) is 15.2 Å². The topological polar surface area (TPSA) is 33.5 Å². The second kappa shape index (κ2) is 18.2. The van der Waals surface area contributed by atoms with Gasteiger partial charge in [0.25, 0.3) is 0 Å². The maximum atomic E-state index is 9.26. The summed E-state index contributed by atoms with van der Waals surface area (Å²) < 4.78 is 64.7. The Bertz CT molecular complexity index is 4220. The number of rotatable bonds is 7. The average molecular weight is 1160 g/mol. The summed E-state index contributed by atoms with van der Waals surface area (Å²) in [5.74, 6) is 1.56.